The predicted molar refractivity (Wildman–Crippen MR) is 93.0 cm³/mol. The number of aromatic nitrogens is 2. The molecule has 7 nitrogen and oxygen atoms in total. The van der Waals surface area contributed by atoms with Gasteiger partial charge in [0.1, 0.15) is 18.5 Å². The fraction of sp³-hybridized carbons (Fsp3) is 0.412. The molecule has 1 aromatic heterocycles. The van der Waals surface area contributed by atoms with Crippen LogP contribution < -0.4 is 9.47 Å². The van der Waals surface area contributed by atoms with E-state index in [4.69, 9.17) is 9.47 Å². The van der Waals surface area contributed by atoms with E-state index in [0.29, 0.717) is 18.8 Å². The molecule has 2 aromatic rings. The standard InChI is InChI=1S/C17H21N3O4S/c21-25(22,13-12-23-15-6-2-1-3-7-15)20-11-4-8-16(14-20)24-17-18-9-5-10-19-17/h1-3,5-7,9-10,16H,4,8,11-14H2. The molecule has 0 saturated carbocycles. The molecule has 0 aliphatic carbocycles. The largest absolute Gasteiger partial charge is 0.492 e. The molecule has 1 aliphatic heterocycles. The lowest BCUT2D eigenvalue weighted by atomic mass is 10.1. The molecule has 1 aliphatic rings. The van der Waals surface area contributed by atoms with E-state index in [2.05, 4.69) is 9.97 Å². The van der Waals surface area contributed by atoms with Crippen molar-refractivity contribution in [1.29, 1.82) is 0 Å². The van der Waals surface area contributed by atoms with Crippen LogP contribution in [0.1, 0.15) is 12.8 Å². The Balaban J connectivity index is 1.52. The lowest BCUT2D eigenvalue weighted by Gasteiger charge is -2.31. The molecule has 0 radical (unpaired) electrons. The van der Waals surface area contributed by atoms with Crippen molar-refractivity contribution in [3.63, 3.8) is 0 Å². The van der Waals surface area contributed by atoms with Gasteiger partial charge in [0.2, 0.25) is 10.0 Å². The summed E-state index contributed by atoms with van der Waals surface area (Å²) in [6.45, 7) is 0.936. The van der Waals surface area contributed by atoms with Crippen molar-refractivity contribution < 1.29 is 17.9 Å². The van der Waals surface area contributed by atoms with Crippen molar-refractivity contribution in [1.82, 2.24) is 14.3 Å². The van der Waals surface area contributed by atoms with Gasteiger partial charge in [-0.2, -0.15) is 4.31 Å². The van der Waals surface area contributed by atoms with Gasteiger partial charge < -0.3 is 9.47 Å². The maximum atomic E-state index is 12.5. The van der Waals surface area contributed by atoms with E-state index in [0.717, 1.165) is 12.8 Å². The fourth-order valence-corrected chi connectivity index (χ4v) is 4.01. The quantitative estimate of drug-likeness (QED) is 0.745. The summed E-state index contributed by atoms with van der Waals surface area (Å²) in [5.74, 6) is 0.606. The second-order valence-corrected chi connectivity index (χ2v) is 7.84. The summed E-state index contributed by atoms with van der Waals surface area (Å²) in [5, 5.41) is 0. The van der Waals surface area contributed by atoms with Gasteiger partial charge in [0, 0.05) is 18.9 Å². The Morgan fingerprint density at radius 2 is 1.88 bits per heavy atom. The Bertz CT molecular complexity index is 756. The molecular weight excluding hydrogens is 342 g/mol. The number of hydrogen-bond donors (Lipinski definition) is 0. The second-order valence-electron chi connectivity index (χ2n) is 5.75. The number of piperidine rings is 1. The predicted octanol–water partition coefficient (Wildman–Crippen LogP) is 1.73. The third-order valence-corrected chi connectivity index (χ3v) is 5.70. The summed E-state index contributed by atoms with van der Waals surface area (Å²) in [5.41, 5.74) is 0. The molecule has 3 rings (SSSR count). The minimum Gasteiger partial charge on any atom is -0.492 e. The van der Waals surface area contributed by atoms with Gasteiger partial charge in [-0.15, -0.1) is 0 Å². The van der Waals surface area contributed by atoms with Crippen LogP contribution in [0.25, 0.3) is 0 Å². The highest BCUT2D eigenvalue weighted by atomic mass is 32.2. The first-order chi connectivity index (χ1) is 12.1. The van der Waals surface area contributed by atoms with Crippen molar-refractivity contribution in [2.45, 2.75) is 18.9 Å². The molecule has 2 heterocycles. The zero-order valence-corrected chi connectivity index (χ0v) is 14.6. The van der Waals surface area contributed by atoms with E-state index in [-0.39, 0.29) is 24.5 Å². The number of sulfonamides is 1. The SMILES string of the molecule is O=S(=O)(CCOc1ccccc1)N1CCCC(Oc2ncccn2)C1. The number of hydrogen-bond acceptors (Lipinski definition) is 6. The molecule has 1 aromatic carbocycles. The maximum absolute atomic E-state index is 12.5. The van der Waals surface area contributed by atoms with E-state index in [1.807, 2.05) is 18.2 Å². The van der Waals surface area contributed by atoms with Crippen LogP contribution in [-0.4, -0.2) is 54.2 Å². The van der Waals surface area contributed by atoms with Crippen molar-refractivity contribution in [3.8, 4) is 11.8 Å². The van der Waals surface area contributed by atoms with Crippen LogP contribution >= 0.6 is 0 Å². The Hall–Kier alpha value is -2.19. The van der Waals surface area contributed by atoms with Crippen LogP contribution in [0.5, 0.6) is 11.8 Å². The molecule has 0 amide bonds. The van der Waals surface area contributed by atoms with E-state index >= 15 is 0 Å². The third kappa shape index (κ3) is 5.14. The highest BCUT2D eigenvalue weighted by Crippen LogP contribution is 2.18. The monoisotopic (exact) mass is 363 g/mol. The first kappa shape index (κ1) is 17.6. The van der Waals surface area contributed by atoms with Gasteiger partial charge in [0.15, 0.2) is 0 Å². The zero-order chi connectivity index (χ0) is 17.5. The molecule has 1 atom stereocenters. The summed E-state index contributed by atoms with van der Waals surface area (Å²) in [4.78, 5) is 8.04. The maximum Gasteiger partial charge on any atom is 0.316 e. The Labute approximate surface area is 147 Å². The normalized spacial score (nSPS) is 18.6. The first-order valence-corrected chi connectivity index (χ1v) is 9.84. The molecule has 0 N–H and O–H groups in total. The number of benzene rings is 1. The first-order valence-electron chi connectivity index (χ1n) is 8.23. The van der Waals surface area contributed by atoms with Crippen molar-refractivity contribution >= 4 is 10.0 Å². The highest BCUT2D eigenvalue weighted by Gasteiger charge is 2.30. The number of nitrogens with zero attached hydrogens (tertiary/aromatic N) is 3. The van der Waals surface area contributed by atoms with Gasteiger partial charge in [-0.05, 0) is 31.0 Å². The lowest BCUT2D eigenvalue weighted by molar-refractivity contribution is 0.119. The number of rotatable bonds is 7. The second kappa shape index (κ2) is 8.26. The van der Waals surface area contributed by atoms with Gasteiger partial charge in [-0.1, -0.05) is 18.2 Å². The Kier molecular flexibility index (Phi) is 5.83. The highest BCUT2D eigenvalue weighted by molar-refractivity contribution is 7.89. The smallest absolute Gasteiger partial charge is 0.316 e. The van der Waals surface area contributed by atoms with Gasteiger partial charge >= 0.3 is 6.01 Å². The summed E-state index contributed by atoms with van der Waals surface area (Å²) in [7, 11) is -3.39. The van der Waals surface area contributed by atoms with Crippen molar-refractivity contribution in [3.05, 3.63) is 48.8 Å². The molecule has 1 fully saturated rings. The summed E-state index contributed by atoms with van der Waals surface area (Å²) < 4.78 is 37.7. The van der Waals surface area contributed by atoms with Crippen LogP contribution in [0.3, 0.4) is 0 Å². The average molecular weight is 363 g/mol. The fourth-order valence-electron chi connectivity index (χ4n) is 2.66. The van der Waals surface area contributed by atoms with E-state index in [1.54, 1.807) is 30.6 Å². The minimum absolute atomic E-state index is 0.0591. The van der Waals surface area contributed by atoms with Crippen LogP contribution in [0.2, 0.25) is 0 Å². The van der Waals surface area contributed by atoms with Gasteiger partial charge in [-0.25, -0.2) is 18.4 Å². The molecule has 134 valence electrons. The average Bonchev–Trinajstić information content (AvgIpc) is 2.64. The molecular formula is C17H21N3O4S. The van der Waals surface area contributed by atoms with E-state index in [1.165, 1.54) is 4.31 Å². The third-order valence-electron chi connectivity index (χ3n) is 3.90. The Morgan fingerprint density at radius 1 is 1.12 bits per heavy atom. The zero-order valence-electron chi connectivity index (χ0n) is 13.8. The number of ether oxygens (including phenoxy) is 2. The van der Waals surface area contributed by atoms with Crippen molar-refractivity contribution in [2.24, 2.45) is 0 Å². The molecule has 8 heteroatoms. The topological polar surface area (TPSA) is 81.6 Å². The minimum atomic E-state index is -3.39. The molecule has 0 spiro atoms. The lowest BCUT2D eigenvalue weighted by Crippen LogP contribution is -2.45. The van der Waals surface area contributed by atoms with Crippen molar-refractivity contribution in [2.75, 3.05) is 25.4 Å². The van der Waals surface area contributed by atoms with E-state index in [9.17, 15) is 8.42 Å². The van der Waals surface area contributed by atoms with Crippen LogP contribution in [0.4, 0.5) is 0 Å². The van der Waals surface area contributed by atoms with Crippen LogP contribution in [0, 0.1) is 0 Å². The Morgan fingerprint density at radius 3 is 2.64 bits per heavy atom. The van der Waals surface area contributed by atoms with E-state index < -0.39 is 10.0 Å². The summed E-state index contributed by atoms with van der Waals surface area (Å²) >= 11 is 0. The molecule has 1 unspecified atom stereocenters. The summed E-state index contributed by atoms with van der Waals surface area (Å²) in [6, 6.07) is 11.2. The van der Waals surface area contributed by atoms with Gasteiger partial charge in [0.05, 0.1) is 12.3 Å². The molecule has 0 bridgehead atoms. The molecule has 25 heavy (non-hydrogen) atoms. The number of para-hydroxylation sites is 1. The van der Waals surface area contributed by atoms with Gasteiger partial charge in [-0.3, -0.25) is 0 Å². The molecule has 1 saturated heterocycles. The summed E-state index contributed by atoms with van der Waals surface area (Å²) in [6.07, 6.45) is 4.49. The van der Waals surface area contributed by atoms with Crippen LogP contribution in [0.15, 0.2) is 48.8 Å². The van der Waals surface area contributed by atoms with Gasteiger partial charge in [0.25, 0.3) is 0 Å². The van der Waals surface area contributed by atoms with Crippen LogP contribution in [-0.2, 0) is 10.0 Å².